The second-order valence-electron chi connectivity index (χ2n) is 4.63. The van der Waals surface area contributed by atoms with Crippen LogP contribution in [0.25, 0.3) is 0 Å². The lowest BCUT2D eigenvalue weighted by Crippen LogP contribution is -2.50. The molecule has 0 aromatic carbocycles. The van der Waals surface area contributed by atoms with Gasteiger partial charge >= 0.3 is 6.03 Å². The van der Waals surface area contributed by atoms with Crippen molar-refractivity contribution in [2.75, 3.05) is 6.54 Å². The van der Waals surface area contributed by atoms with Gasteiger partial charge < -0.3 is 10.6 Å². The minimum absolute atomic E-state index is 0.284. The van der Waals surface area contributed by atoms with Gasteiger partial charge in [0.2, 0.25) is 5.91 Å². The fourth-order valence-electron chi connectivity index (χ4n) is 1.71. The average Bonchev–Trinajstić information content (AvgIpc) is 2.29. The van der Waals surface area contributed by atoms with Crippen LogP contribution in [0.4, 0.5) is 4.79 Å². The summed E-state index contributed by atoms with van der Waals surface area (Å²) in [4.78, 5) is 22.8. The van der Waals surface area contributed by atoms with Gasteiger partial charge in [-0.1, -0.05) is 26.2 Å². The molecule has 0 aromatic rings. The fraction of sp³-hybridized carbons (Fsp3) is 0.846. The molecule has 0 radical (unpaired) electrons. The number of carbonyl (C=O) groups is 2. The maximum absolute atomic E-state index is 11.7. The maximum Gasteiger partial charge on any atom is 0.321 e. The fourth-order valence-corrected chi connectivity index (χ4v) is 1.71. The molecule has 0 aliphatic rings. The third kappa shape index (κ3) is 8.06. The van der Waals surface area contributed by atoms with E-state index in [1.165, 1.54) is 12.8 Å². The molecule has 5 heteroatoms. The van der Waals surface area contributed by atoms with Gasteiger partial charge in [0, 0.05) is 12.6 Å². The van der Waals surface area contributed by atoms with Crippen LogP contribution < -0.4 is 16.0 Å². The lowest BCUT2D eigenvalue weighted by Gasteiger charge is -2.19. The molecule has 18 heavy (non-hydrogen) atoms. The molecular weight excluding hydrogens is 230 g/mol. The summed E-state index contributed by atoms with van der Waals surface area (Å²) in [5.74, 6) is -0.289. The standard InChI is InChI=1S/C13H27N3O2/c1-5-7-8-9-10(3)15-11(4)12(17)16-13(18)14-6-2/h10-11,15H,5-9H2,1-4H3,(H2,14,16,17,18). The van der Waals surface area contributed by atoms with Crippen LogP contribution in [0.1, 0.15) is 53.4 Å². The molecule has 2 atom stereocenters. The normalized spacial score (nSPS) is 13.8. The Morgan fingerprint density at radius 1 is 1.11 bits per heavy atom. The third-order valence-corrected chi connectivity index (χ3v) is 2.74. The van der Waals surface area contributed by atoms with E-state index < -0.39 is 6.03 Å². The number of carbonyl (C=O) groups excluding carboxylic acids is 2. The highest BCUT2D eigenvalue weighted by atomic mass is 16.2. The van der Waals surface area contributed by atoms with E-state index in [4.69, 9.17) is 0 Å². The molecule has 5 nitrogen and oxygen atoms in total. The topological polar surface area (TPSA) is 70.2 Å². The summed E-state index contributed by atoms with van der Waals surface area (Å²) in [6, 6.07) is -0.509. The molecule has 0 aromatic heterocycles. The lowest BCUT2D eigenvalue weighted by molar-refractivity contribution is -0.121. The molecular formula is C13H27N3O2. The highest BCUT2D eigenvalue weighted by Gasteiger charge is 2.16. The first-order chi connectivity index (χ1) is 8.51. The summed E-state index contributed by atoms with van der Waals surface area (Å²) < 4.78 is 0. The zero-order valence-electron chi connectivity index (χ0n) is 12.0. The number of urea groups is 1. The number of imide groups is 1. The van der Waals surface area contributed by atoms with E-state index in [9.17, 15) is 9.59 Å². The van der Waals surface area contributed by atoms with E-state index >= 15 is 0 Å². The molecule has 0 rings (SSSR count). The van der Waals surface area contributed by atoms with Gasteiger partial charge in [-0.25, -0.2) is 4.79 Å². The zero-order valence-corrected chi connectivity index (χ0v) is 12.0. The molecule has 0 saturated carbocycles. The molecule has 3 amide bonds. The average molecular weight is 257 g/mol. The Morgan fingerprint density at radius 2 is 1.78 bits per heavy atom. The van der Waals surface area contributed by atoms with Crippen LogP contribution >= 0.6 is 0 Å². The van der Waals surface area contributed by atoms with Crippen molar-refractivity contribution in [3.05, 3.63) is 0 Å². The van der Waals surface area contributed by atoms with Crippen LogP contribution in [-0.4, -0.2) is 30.6 Å². The van der Waals surface area contributed by atoms with Crippen molar-refractivity contribution in [1.82, 2.24) is 16.0 Å². The third-order valence-electron chi connectivity index (χ3n) is 2.74. The molecule has 0 aliphatic carbocycles. The van der Waals surface area contributed by atoms with Crippen molar-refractivity contribution < 1.29 is 9.59 Å². The highest BCUT2D eigenvalue weighted by Crippen LogP contribution is 2.03. The first-order valence-electron chi connectivity index (χ1n) is 6.85. The van der Waals surface area contributed by atoms with Crippen molar-refractivity contribution in [1.29, 1.82) is 0 Å². The van der Waals surface area contributed by atoms with Crippen LogP contribution in [0, 0.1) is 0 Å². The monoisotopic (exact) mass is 257 g/mol. The zero-order chi connectivity index (χ0) is 14.0. The Bertz CT molecular complexity index is 257. The summed E-state index contributed by atoms with van der Waals surface area (Å²) in [6.07, 6.45) is 4.62. The Morgan fingerprint density at radius 3 is 2.33 bits per heavy atom. The van der Waals surface area contributed by atoms with E-state index in [1.54, 1.807) is 6.92 Å². The predicted octanol–water partition coefficient (Wildman–Crippen LogP) is 1.78. The molecule has 0 bridgehead atoms. The molecule has 2 unspecified atom stereocenters. The van der Waals surface area contributed by atoms with Gasteiger partial charge in [0.15, 0.2) is 0 Å². The number of rotatable bonds is 8. The predicted molar refractivity (Wildman–Crippen MR) is 73.4 cm³/mol. The summed E-state index contributed by atoms with van der Waals surface area (Å²) in [5, 5.41) is 8.02. The van der Waals surface area contributed by atoms with Crippen molar-refractivity contribution in [3.63, 3.8) is 0 Å². The van der Waals surface area contributed by atoms with E-state index in [2.05, 4.69) is 29.8 Å². The van der Waals surface area contributed by atoms with Gasteiger partial charge in [-0.05, 0) is 27.2 Å². The molecule has 0 spiro atoms. The Labute approximate surface area is 110 Å². The van der Waals surface area contributed by atoms with E-state index in [-0.39, 0.29) is 18.0 Å². The second kappa shape index (κ2) is 9.88. The van der Waals surface area contributed by atoms with Crippen LogP contribution in [0.3, 0.4) is 0 Å². The van der Waals surface area contributed by atoms with Gasteiger partial charge in [0.1, 0.15) is 0 Å². The molecule has 106 valence electrons. The smallest absolute Gasteiger partial charge is 0.321 e. The Hall–Kier alpha value is -1.10. The molecule has 0 heterocycles. The number of unbranched alkanes of at least 4 members (excludes halogenated alkanes) is 2. The van der Waals surface area contributed by atoms with E-state index in [0.29, 0.717) is 6.54 Å². The molecule has 0 aliphatic heterocycles. The minimum atomic E-state index is -0.435. The first kappa shape index (κ1) is 16.9. The summed E-state index contributed by atoms with van der Waals surface area (Å²) in [5.41, 5.74) is 0. The van der Waals surface area contributed by atoms with Gasteiger partial charge in [-0.3, -0.25) is 10.1 Å². The van der Waals surface area contributed by atoms with Crippen LogP contribution in [0.15, 0.2) is 0 Å². The number of amides is 3. The largest absolute Gasteiger partial charge is 0.338 e. The van der Waals surface area contributed by atoms with Crippen LogP contribution in [0.5, 0.6) is 0 Å². The summed E-state index contributed by atoms with van der Waals surface area (Å²) in [6.45, 7) is 8.31. The van der Waals surface area contributed by atoms with Crippen molar-refractivity contribution in [2.24, 2.45) is 0 Å². The molecule has 0 saturated heterocycles. The Balaban J connectivity index is 3.88. The quantitative estimate of drug-likeness (QED) is 0.580. The SMILES string of the molecule is CCCCCC(C)NC(C)C(=O)NC(=O)NCC. The molecule has 0 fully saturated rings. The van der Waals surface area contributed by atoms with Crippen LogP contribution in [-0.2, 0) is 4.79 Å². The van der Waals surface area contributed by atoms with Crippen molar-refractivity contribution >= 4 is 11.9 Å². The van der Waals surface area contributed by atoms with Gasteiger partial charge in [0.05, 0.1) is 6.04 Å². The second-order valence-corrected chi connectivity index (χ2v) is 4.63. The highest BCUT2D eigenvalue weighted by molar-refractivity contribution is 5.96. The first-order valence-corrected chi connectivity index (χ1v) is 6.85. The van der Waals surface area contributed by atoms with Crippen molar-refractivity contribution in [2.45, 2.75) is 65.5 Å². The number of hydrogen-bond acceptors (Lipinski definition) is 3. The van der Waals surface area contributed by atoms with Gasteiger partial charge in [0.25, 0.3) is 0 Å². The van der Waals surface area contributed by atoms with E-state index in [0.717, 1.165) is 12.8 Å². The van der Waals surface area contributed by atoms with Crippen molar-refractivity contribution in [3.8, 4) is 0 Å². The Kier molecular flexibility index (Phi) is 9.28. The summed E-state index contributed by atoms with van der Waals surface area (Å²) >= 11 is 0. The maximum atomic E-state index is 11.7. The molecule has 3 N–H and O–H groups in total. The van der Waals surface area contributed by atoms with E-state index in [1.807, 2.05) is 6.92 Å². The lowest BCUT2D eigenvalue weighted by atomic mass is 10.1. The van der Waals surface area contributed by atoms with Gasteiger partial charge in [-0.2, -0.15) is 0 Å². The van der Waals surface area contributed by atoms with Gasteiger partial charge in [-0.15, -0.1) is 0 Å². The summed E-state index contributed by atoms with van der Waals surface area (Å²) in [7, 11) is 0. The number of nitrogens with one attached hydrogen (secondary N) is 3. The van der Waals surface area contributed by atoms with Crippen LogP contribution in [0.2, 0.25) is 0 Å². The number of hydrogen-bond donors (Lipinski definition) is 3. The minimum Gasteiger partial charge on any atom is -0.338 e.